The van der Waals surface area contributed by atoms with Gasteiger partial charge in [0.2, 0.25) is 5.91 Å². The summed E-state index contributed by atoms with van der Waals surface area (Å²) in [5, 5.41) is 11.1. The fourth-order valence-electron chi connectivity index (χ4n) is 0.725. The van der Waals surface area contributed by atoms with E-state index in [4.69, 9.17) is 11.0 Å². The van der Waals surface area contributed by atoms with Crippen molar-refractivity contribution in [3.8, 4) is 6.07 Å². The average molecular weight is 201 g/mol. The van der Waals surface area contributed by atoms with Crippen LogP contribution in [0.4, 0.5) is 0 Å². The topological polar surface area (TPSA) is 78.9 Å². The van der Waals surface area contributed by atoms with Crippen LogP contribution in [0.3, 0.4) is 0 Å². The molecule has 0 aromatic heterocycles. The van der Waals surface area contributed by atoms with Gasteiger partial charge in [0.1, 0.15) is 6.54 Å². The molecule has 0 aliphatic rings. The Hall–Kier alpha value is -0.730. The van der Waals surface area contributed by atoms with Gasteiger partial charge in [-0.3, -0.25) is 4.79 Å². The number of nitrogens with two attached hydrogens (primary N) is 1. The van der Waals surface area contributed by atoms with Crippen molar-refractivity contribution in [3.05, 3.63) is 0 Å². The van der Waals surface area contributed by atoms with E-state index in [0.29, 0.717) is 17.5 Å². The van der Waals surface area contributed by atoms with Crippen molar-refractivity contribution in [1.82, 2.24) is 5.32 Å². The van der Waals surface area contributed by atoms with Crippen LogP contribution in [0.2, 0.25) is 0 Å². The van der Waals surface area contributed by atoms with Gasteiger partial charge >= 0.3 is 0 Å². The molecule has 0 heterocycles. The number of hydrogen-bond acceptors (Lipinski definition) is 4. The Morgan fingerprint density at radius 1 is 1.77 bits per heavy atom. The highest BCUT2D eigenvalue weighted by Crippen LogP contribution is 2.12. The minimum absolute atomic E-state index is 0.0876. The standard InChI is InChI=1S/C8H15N3OS/c1-7(2-3-9)13-6-8(12)11-5-4-10/h7H,2-3,5-6,9H2,1H3,(H,11,12). The molecule has 0 spiro atoms. The van der Waals surface area contributed by atoms with Crippen LogP contribution in [-0.4, -0.2) is 30.0 Å². The van der Waals surface area contributed by atoms with Crippen molar-refractivity contribution in [3.63, 3.8) is 0 Å². The summed E-state index contributed by atoms with van der Waals surface area (Å²) in [5.74, 6) is 0.318. The van der Waals surface area contributed by atoms with Gasteiger partial charge in [-0.15, -0.1) is 11.8 Å². The Bertz CT molecular complexity index is 190. The van der Waals surface area contributed by atoms with Gasteiger partial charge in [0.15, 0.2) is 0 Å². The van der Waals surface area contributed by atoms with Crippen molar-refractivity contribution < 1.29 is 4.79 Å². The number of nitrogens with one attached hydrogen (secondary N) is 1. The lowest BCUT2D eigenvalue weighted by Gasteiger charge is -2.08. The molecule has 3 N–H and O–H groups in total. The van der Waals surface area contributed by atoms with Gasteiger partial charge in [0, 0.05) is 5.25 Å². The van der Waals surface area contributed by atoms with Crippen LogP contribution < -0.4 is 11.1 Å². The predicted molar refractivity (Wildman–Crippen MR) is 54.2 cm³/mol. The fraction of sp³-hybridized carbons (Fsp3) is 0.750. The molecule has 0 aromatic rings. The number of thioether (sulfide) groups is 1. The van der Waals surface area contributed by atoms with Crippen LogP contribution >= 0.6 is 11.8 Å². The first kappa shape index (κ1) is 12.3. The number of hydrogen-bond donors (Lipinski definition) is 2. The highest BCUT2D eigenvalue weighted by molar-refractivity contribution is 8.00. The maximum absolute atomic E-state index is 11.0. The van der Waals surface area contributed by atoms with Gasteiger partial charge in [0.25, 0.3) is 0 Å². The molecule has 0 aromatic carbocycles. The summed E-state index contributed by atoms with van der Waals surface area (Å²) in [6.45, 7) is 2.77. The van der Waals surface area contributed by atoms with E-state index in [0.717, 1.165) is 6.42 Å². The van der Waals surface area contributed by atoms with Gasteiger partial charge in [-0.25, -0.2) is 0 Å². The smallest absolute Gasteiger partial charge is 0.230 e. The molecule has 0 saturated carbocycles. The first-order valence-electron chi connectivity index (χ1n) is 4.16. The number of rotatable bonds is 6. The molecule has 0 fully saturated rings. The van der Waals surface area contributed by atoms with E-state index in [1.807, 2.05) is 13.0 Å². The highest BCUT2D eigenvalue weighted by Gasteiger charge is 2.05. The zero-order chi connectivity index (χ0) is 10.1. The van der Waals surface area contributed by atoms with Gasteiger partial charge < -0.3 is 11.1 Å². The van der Waals surface area contributed by atoms with Crippen LogP contribution in [0.5, 0.6) is 0 Å². The molecule has 74 valence electrons. The fourth-order valence-corrected chi connectivity index (χ4v) is 1.57. The molecule has 0 bridgehead atoms. The first-order valence-corrected chi connectivity index (χ1v) is 5.21. The van der Waals surface area contributed by atoms with Crippen molar-refractivity contribution in [2.75, 3.05) is 18.8 Å². The van der Waals surface area contributed by atoms with E-state index in [-0.39, 0.29) is 12.5 Å². The second-order valence-corrected chi connectivity index (χ2v) is 4.06. The molecule has 0 saturated heterocycles. The molecule has 4 nitrogen and oxygen atoms in total. The minimum Gasteiger partial charge on any atom is -0.342 e. The van der Waals surface area contributed by atoms with Crippen LogP contribution in [0, 0.1) is 11.3 Å². The molecule has 1 amide bonds. The molecule has 1 unspecified atom stereocenters. The Kier molecular flexibility index (Phi) is 7.45. The van der Waals surface area contributed by atoms with Crippen LogP contribution in [0.1, 0.15) is 13.3 Å². The zero-order valence-corrected chi connectivity index (χ0v) is 8.56. The number of amides is 1. The molecule has 0 aliphatic carbocycles. The summed E-state index contributed by atoms with van der Waals surface area (Å²) in [4.78, 5) is 11.0. The van der Waals surface area contributed by atoms with E-state index in [1.165, 1.54) is 0 Å². The predicted octanol–water partition coefficient (Wildman–Crippen LogP) is 0.0967. The number of carbonyl (C=O) groups excluding carboxylic acids is 1. The Morgan fingerprint density at radius 3 is 3.00 bits per heavy atom. The van der Waals surface area contributed by atoms with Crippen molar-refractivity contribution in [2.24, 2.45) is 5.73 Å². The first-order chi connectivity index (χ1) is 6.20. The van der Waals surface area contributed by atoms with Crippen LogP contribution in [-0.2, 0) is 4.79 Å². The number of nitriles is 1. The summed E-state index contributed by atoms with van der Waals surface area (Å²) in [7, 11) is 0. The summed E-state index contributed by atoms with van der Waals surface area (Å²) < 4.78 is 0. The SMILES string of the molecule is CC(CCN)SCC(=O)NCC#N. The van der Waals surface area contributed by atoms with E-state index < -0.39 is 0 Å². The maximum atomic E-state index is 11.0. The second kappa shape index (κ2) is 7.90. The minimum atomic E-state index is -0.0876. The zero-order valence-electron chi connectivity index (χ0n) is 7.75. The largest absolute Gasteiger partial charge is 0.342 e. The Balaban J connectivity index is 3.41. The third-order valence-corrected chi connectivity index (χ3v) is 2.67. The lowest BCUT2D eigenvalue weighted by molar-refractivity contribution is -0.118. The van der Waals surface area contributed by atoms with E-state index >= 15 is 0 Å². The van der Waals surface area contributed by atoms with Crippen molar-refractivity contribution in [1.29, 1.82) is 5.26 Å². The quantitative estimate of drug-likeness (QED) is 0.597. The summed E-state index contributed by atoms with van der Waals surface area (Å²) in [6, 6.07) is 1.85. The molecule has 0 rings (SSSR count). The lowest BCUT2D eigenvalue weighted by Crippen LogP contribution is -2.26. The van der Waals surface area contributed by atoms with Crippen molar-refractivity contribution in [2.45, 2.75) is 18.6 Å². The van der Waals surface area contributed by atoms with E-state index in [2.05, 4.69) is 5.32 Å². The van der Waals surface area contributed by atoms with Gasteiger partial charge in [0.05, 0.1) is 11.8 Å². The summed E-state index contributed by atoms with van der Waals surface area (Å²) >= 11 is 1.56. The summed E-state index contributed by atoms with van der Waals surface area (Å²) in [6.07, 6.45) is 0.913. The molecule has 1 atom stereocenters. The van der Waals surface area contributed by atoms with Crippen molar-refractivity contribution >= 4 is 17.7 Å². The molecule has 0 radical (unpaired) electrons. The average Bonchev–Trinajstić information content (AvgIpc) is 2.12. The molecular formula is C8H15N3OS. The third-order valence-electron chi connectivity index (χ3n) is 1.44. The van der Waals surface area contributed by atoms with E-state index in [9.17, 15) is 4.79 Å². The normalized spacial score (nSPS) is 11.8. The van der Waals surface area contributed by atoms with Gasteiger partial charge in [-0.1, -0.05) is 6.92 Å². The molecule has 5 heteroatoms. The maximum Gasteiger partial charge on any atom is 0.230 e. The molecular weight excluding hydrogens is 186 g/mol. The Morgan fingerprint density at radius 2 is 2.46 bits per heavy atom. The lowest BCUT2D eigenvalue weighted by atomic mass is 10.3. The van der Waals surface area contributed by atoms with E-state index in [1.54, 1.807) is 11.8 Å². The second-order valence-electron chi connectivity index (χ2n) is 2.63. The Labute approximate surface area is 82.9 Å². The highest BCUT2D eigenvalue weighted by atomic mass is 32.2. The summed E-state index contributed by atoms with van der Waals surface area (Å²) in [5.41, 5.74) is 5.36. The molecule has 0 aliphatic heterocycles. The monoisotopic (exact) mass is 201 g/mol. The van der Waals surface area contributed by atoms with Crippen LogP contribution in [0.25, 0.3) is 0 Å². The van der Waals surface area contributed by atoms with Gasteiger partial charge in [-0.2, -0.15) is 5.26 Å². The van der Waals surface area contributed by atoms with Gasteiger partial charge in [-0.05, 0) is 13.0 Å². The number of nitrogens with zero attached hydrogens (tertiary/aromatic N) is 1. The van der Waals surface area contributed by atoms with Crippen LogP contribution in [0.15, 0.2) is 0 Å². The third kappa shape index (κ3) is 7.62. The molecule has 13 heavy (non-hydrogen) atoms. The number of carbonyl (C=O) groups is 1.